The van der Waals surface area contributed by atoms with Crippen molar-refractivity contribution in [2.24, 2.45) is 4.99 Å². The summed E-state index contributed by atoms with van der Waals surface area (Å²) in [7, 11) is 0. The van der Waals surface area contributed by atoms with E-state index >= 15 is 0 Å². The number of thiophene rings is 1. The van der Waals surface area contributed by atoms with Crippen LogP contribution in [-0.4, -0.2) is 10.2 Å². The van der Waals surface area contributed by atoms with Crippen LogP contribution in [0.3, 0.4) is 0 Å². The van der Waals surface area contributed by atoms with Gasteiger partial charge in [0.15, 0.2) is 0 Å². The number of allylic oxidation sites excluding steroid dienone is 2. The van der Waals surface area contributed by atoms with Crippen LogP contribution in [0.5, 0.6) is 0 Å². The fourth-order valence-corrected chi connectivity index (χ4v) is 4.36. The standard InChI is InChI=1S/C16H16ClNOS2/c1-10(8-11(2)19)18-12(3)20-9-15-16(17)13-6-4-5-7-14(13)21-15/h4-8,19H,2,9H2,1,3H3/b10-8-,18-12+. The Kier molecular flexibility index (Phi) is 5.51. The van der Waals surface area contributed by atoms with E-state index in [1.165, 1.54) is 10.8 Å². The number of aliphatic hydroxyl groups excluding tert-OH is 1. The molecular weight excluding hydrogens is 322 g/mol. The van der Waals surface area contributed by atoms with Crippen molar-refractivity contribution >= 4 is 49.8 Å². The van der Waals surface area contributed by atoms with Crippen LogP contribution in [0.1, 0.15) is 18.7 Å². The molecule has 110 valence electrons. The third-order valence-electron chi connectivity index (χ3n) is 2.72. The first-order valence-corrected chi connectivity index (χ1v) is 8.55. The second kappa shape index (κ2) is 7.16. The quantitative estimate of drug-likeness (QED) is 0.312. The van der Waals surface area contributed by atoms with Gasteiger partial charge in [-0.1, -0.05) is 36.4 Å². The molecule has 2 nitrogen and oxygen atoms in total. The molecule has 0 bridgehead atoms. The Balaban J connectivity index is 2.10. The van der Waals surface area contributed by atoms with Crippen molar-refractivity contribution in [3.8, 4) is 0 Å². The maximum atomic E-state index is 9.10. The van der Waals surface area contributed by atoms with Crippen molar-refractivity contribution in [3.05, 3.63) is 58.3 Å². The number of hydrogen-bond donors (Lipinski definition) is 1. The normalized spacial score (nSPS) is 12.9. The van der Waals surface area contributed by atoms with Crippen LogP contribution in [0.25, 0.3) is 10.1 Å². The molecule has 0 spiro atoms. The van der Waals surface area contributed by atoms with E-state index in [-0.39, 0.29) is 5.76 Å². The molecule has 0 aliphatic rings. The zero-order valence-corrected chi connectivity index (χ0v) is 14.3. The van der Waals surface area contributed by atoms with Crippen molar-refractivity contribution in [2.75, 3.05) is 0 Å². The number of nitrogens with zero attached hydrogens (tertiary/aromatic N) is 1. The second-order valence-corrected chi connectivity index (χ2v) is 7.21. The van der Waals surface area contributed by atoms with Gasteiger partial charge in [0.2, 0.25) is 0 Å². The van der Waals surface area contributed by atoms with Crippen LogP contribution in [0.2, 0.25) is 5.02 Å². The largest absolute Gasteiger partial charge is 0.509 e. The zero-order chi connectivity index (χ0) is 15.4. The zero-order valence-electron chi connectivity index (χ0n) is 11.9. The lowest BCUT2D eigenvalue weighted by Crippen LogP contribution is -1.87. The lowest BCUT2D eigenvalue weighted by Gasteiger charge is -2.00. The molecule has 1 heterocycles. The number of rotatable bonds is 4. The Hall–Kier alpha value is -1.23. The Bertz CT molecular complexity index is 731. The first-order chi connectivity index (χ1) is 9.97. The van der Waals surface area contributed by atoms with E-state index in [4.69, 9.17) is 16.7 Å². The van der Waals surface area contributed by atoms with Gasteiger partial charge in [0.25, 0.3) is 0 Å². The number of fused-ring (bicyclic) bond motifs is 1. The highest BCUT2D eigenvalue weighted by Gasteiger charge is 2.10. The number of hydrogen-bond acceptors (Lipinski definition) is 4. The lowest BCUT2D eigenvalue weighted by molar-refractivity contribution is 0.434. The molecule has 5 heteroatoms. The summed E-state index contributed by atoms with van der Waals surface area (Å²) in [4.78, 5) is 5.56. The Morgan fingerprint density at radius 3 is 2.81 bits per heavy atom. The van der Waals surface area contributed by atoms with Gasteiger partial charge in [0, 0.05) is 32.5 Å². The van der Waals surface area contributed by atoms with Crippen LogP contribution in [0.15, 0.2) is 53.4 Å². The van der Waals surface area contributed by atoms with Crippen molar-refractivity contribution in [1.82, 2.24) is 0 Å². The van der Waals surface area contributed by atoms with Crippen LogP contribution < -0.4 is 0 Å². The summed E-state index contributed by atoms with van der Waals surface area (Å²) in [5.41, 5.74) is 0.731. The van der Waals surface area contributed by atoms with Gasteiger partial charge in [-0.25, -0.2) is 0 Å². The molecule has 0 aliphatic heterocycles. The minimum Gasteiger partial charge on any atom is -0.509 e. The van der Waals surface area contributed by atoms with Crippen LogP contribution >= 0.6 is 34.7 Å². The highest BCUT2D eigenvalue weighted by atomic mass is 35.5. The molecule has 0 fully saturated rings. The molecule has 1 aromatic heterocycles. The average Bonchev–Trinajstić information content (AvgIpc) is 2.73. The summed E-state index contributed by atoms with van der Waals surface area (Å²) in [5.74, 6) is 0.808. The number of halogens is 1. The van der Waals surface area contributed by atoms with Crippen molar-refractivity contribution in [1.29, 1.82) is 0 Å². The molecule has 0 aliphatic carbocycles. The van der Waals surface area contributed by atoms with E-state index < -0.39 is 0 Å². The monoisotopic (exact) mass is 337 g/mol. The third kappa shape index (κ3) is 4.37. The molecule has 0 radical (unpaired) electrons. The smallest absolute Gasteiger partial charge is 0.110 e. The first kappa shape index (κ1) is 16.1. The van der Waals surface area contributed by atoms with Crippen LogP contribution in [0.4, 0.5) is 0 Å². The molecule has 2 rings (SSSR count). The van der Waals surface area contributed by atoms with Gasteiger partial charge >= 0.3 is 0 Å². The fourth-order valence-electron chi connectivity index (χ4n) is 1.88. The predicted molar refractivity (Wildman–Crippen MR) is 96.8 cm³/mol. The third-order valence-corrected chi connectivity index (χ3v) is 5.56. The molecule has 1 aromatic carbocycles. The minimum absolute atomic E-state index is 0.0154. The van der Waals surface area contributed by atoms with Gasteiger partial charge in [-0.05, 0) is 19.9 Å². The maximum absolute atomic E-state index is 9.10. The summed E-state index contributed by atoms with van der Waals surface area (Å²) >= 11 is 9.77. The van der Waals surface area contributed by atoms with Crippen molar-refractivity contribution in [2.45, 2.75) is 19.6 Å². The Labute approximate surface area is 137 Å². The Morgan fingerprint density at radius 2 is 2.14 bits per heavy atom. The highest BCUT2D eigenvalue weighted by molar-refractivity contribution is 8.13. The van der Waals surface area contributed by atoms with Gasteiger partial charge in [-0.3, -0.25) is 4.99 Å². The van der Waals surface area contributed by atoms with E-state index in [0.717, 1.165) is 31.8 Å². The highest BCUT2D eigenvalue weighted by Crippen LogP contribution is 2.37. The van der Waals surface area contributed by atoms with E-state index in [1.807, 2.05) is 32.0 Å². The minimum atomic E-state index is 0.0154. The molecule has 0 amide bonds. The van der Waals surface area contributed by atoms with Gasteiger partial charge < -0.3 is 5.11 Å². The summed E-state index contributed by atoms with van der Waals surface area (Å²) in [6.45, 7) is 7.20. The molecule has 0 unspecified atom stereocenters. The molecule has 21 heavy (non-hydrogen) atoms. The van der Waals surface area contributed by atoms with Gasteiger partial charge in [-0.2, -0.15) is 0 Å². The topological polar surface area (TPSA) is 32.6 Å². The van der Waals surface area contributed by atoms with Gasteiger partial charge in [0.05, 0.1) is 10.1 Å². The SMILES string of the molecule is C=C(O)/C=C(C)\N=C(/C)SCc1sc2ccccc2c1Cl. The predicted octanol–water partition coefficient (Wildman–Crippen LogP) is 6.18. The molecule has 0 saturated heterocycles. The lowest BCUT2D eigenvalue weighted by atomic mass is 10.2. The van der Waals surface area contributed by atoms with E-state index in [2.05, 4.69) is 17.6 Å². The Morgan fingerprint density at radius 1 is 1.43 bits per heavy atom. The summed E-state index contributed by atoms with van der Waals surface area (Å²) in [6.07, 6.45) is 1.54. The second-order valence-electron chi connectivity index (χ2n) is 4.53. The maximum Gasteiger partial charge on any atom is 0.110 e. The molecule has 0 atom stereocenters. The van der Waals surface area contributed by atoms with Crippen LogP contribution in [0, 0.1) is 0 Å². The van der Waals surface area contributed by atoms with E-state index in [0.29, 0.717) is 0 Å². The van der Waals surface area contributed by atoms with Crippen LogP contribution in [-0.2, 0) is 5.75 Å². The van der Waals surface area contributed by atoms with E-state index in [1.54, 1.807) is 23.1 Å². The molecule has 1 N–H and O–H groups in total. The number of aliphatic imine (C=N–C) groups is 1. The van der Waals surface area contributed by atoms with Crippen molar-refractivity contribution < 1.29 is 5.11 Å². The summed E-state index contributed by atoms with van der Waals surface area (Å²) in [5, 5.41) is 12.0. The number of thioether (sulfide) groups is 1. The number of aliphatic hydroxyl groups is 1. The molecule has 0 saturated carbocycles. The van der Waals surface area contributed by atoms with Crippen molar-refractivity contribution in [3.63, 3.8) is 0 Å². The van der Waals surface area contributed by atoms with Gasteiger partial charge in [-0.15, -0.1) is 23.1 Å². The molecular formula is C16H16ClNOS2. The first-order valence-electron chi connectivity index (χ1n) is 6.37. The number of benzene rings is 1. The average molecular weight is 338 g/mol. The summed E-state index contributed by atoms with van der Waals surface area (Å²) in [6, 6.07) is 8.15. The molecule has 2 aromatic rings. The fraction of sp³-hybridized carbons (Fsp3) is 0.188. The van der Waals surface area contributed by atoms with Gasteiger partial charge in [0.1, 0.15) is 5.76 Å². The van der Waals surface area contributed by atoms with E-state index in [9.17, 15) is 0 Å². The summed E-state index contributed by atoms with van der Waals surface area (Å²) < 4.78 is 1.21.